The molecule has 0 saturated carbocycles. The van der Waals surface area contributed by atoms with E-state index in [1.54, 1.807) is 36.4 Å². The van der Waals surface area contributed by atoms with Gasteiger partial charge in [0.1, 0.15) is 5.75 Å². The number of nitrogens with one attached hydrogen (secondary N) is 1. The Morgan fingerprint density at radius 3 is 2.37 bits per heavy atom. The average Bonchev–Trinajstić information content (AvgIpc) is 2.98. The molecule has 3 amide bonds. The first kappa shape index (κ1) is 21.0. The molecule has 1 aliphatic rings. The van der Waals surface area contributed by atoms with E-state index < -0.39 is 23.8 Å². The molecule has 0 aliphatic carbocycles. The molecule has 0 fully saturated rings. The Morgan fingerprint density at radius 1 is 1.07 bits per heavy atom. The molecule has 8 nitrogen and oxygen atoms in total. The number of benzene rings is 2. The largest absolute Gasteiger partial charge is 0.494 e. The number of fused-ring (bicyclic) bond motifs is 1. The second-order valence-electron chi connectivity index (χ2n) is 6.69. The molecule has 1 unspecified atom stereocenters. The summed E-state index contributed by atoms with van der Waals surface area (Å²) in [5.74, 6) is -1.41. The van der Waals surface area contributed by atoms with Crippen LogP contribution in [0.15, 0.2) is 42.5 Å². The molecule has 0 radical (unpaired) electrons. The topological polar surface area (TPSA) is 102 Å². The molecule has 1 N–H and O–H groups in total. The van der Waals surface area contributed by atoms with E-state index in [1.165, 1.54) is 20.1 Å². The van der Waals surface area contributed by atoms with Gasteiger partial charge in [-0.2, -0.15) is 0 Å². The fourth-order valence-electron chi connectivity index (χ4n) is 3.43. The van der Waals surface area contributed by atoms with Crippen molar-refractivity contribution in [2.45, 2.75) is 26.3 Å². The van der Waals surface area contributed by atoms with Crippen molar-refractivity contribution in [2.24, 2.45) is 0 Å². The van der Waals surface area contributed by atoms with Crippen molar-refractivity contribution >= 4 is 29.4 Å². The lowest BCUT2D eigenvalue weighted by atomic mass is 10.0. The summed E-state index contributed by atoms with van der Waals surface area (Å²) in [5, 5.41) is 2.58. The minimum atomic E-state index is -0.870. The van der Waals surface area contributed by atoms with Crippen molar-refractivity contribution in [2.75, 3.05) is 19.0 Å². The van der Waals surface area contributed by atoms with Crippen molar-refractivity contribution in [1.29, 1.82) is 0 Å². The summed E-state index contributed by atoms with van der Waals surface area (Å²) < 4.78 is 10.2. The summed E-state index contributed by atoms with van der Waals surface area (Å²) in [7, 11) is 1.24. The number of carbonyl (C=O) groups excluding carboxylic acids is 4. The van der Waals surface area contributed by atoms with Gasteiger partial charge in [-0.1, -0.05) is 18.2 Å². The van der Waals surface area contributed by atoms with Gasteiger partial charge in [-0.05, 0) is 36.8 Å². The zero-order valence-corrected chi connectivity index (χ0v) is 16.9. The van der Waals surface area contributed by atoms with Gasteiger partial charge < -0.3 is 14.8 Å². The van der Waals surface area contributed by atoms with Gasteiger partial charge >= 0.3 is 5.97 Å². The summed E-state index contributed by atoms with van der Waals surface area (Å²) in [6, 6.07) is 10.6. The minimum Gasteiger partial charge on any atom is -0.494 e. The Balaban J connectivity index is 2.03. The molecule has 0 saturated heterocycles. The maximum absolute atomic E-state index is 13.2. The fourth-order valence-corrected chi connectivity index (χ4v) is 3.43. The maximum atomic E-state index is 13.2. The second kappa shape index (κ2) is 8.77. The Morgan fingerprint density at radius 2 is 1.77 bits per heavy atom. The van der Waals surface area contributed by atoms with E-state index in [-0.39, 0.29) is 29.1 Å². The molecular weight excluding hydrogens is 388 g/mol. The maximum Gasteiger partial charge on any atom is 0.307 e. The average molecular weight is 410 g/mol. The zero-order chi connectivity index (χ0) is 21.8. The summed E-state index contributed by atoms with van der Waals surface area (Å²) in [4.78, 5) is 51.0. The summed E-state index contributed by atoms with van der Waals surface area (Å²) in [5.41, 5.74) is 1.12. The quantitative estimate of drug-likeness (QED) is 0.556. The number of anilines is 1. The Kier molecular flexibility index (Phi) is 6.15. The first-order chi connectivity index (χ1) is 14.4. The van der Waals surface area contributed by atoms with Gasteiger partial charge in [-0.15, -0.1) is 0 Å². The van der Waals surface area contributed by atoms with Crippen LogP contribution >= 0.6 is 0 Å². The number of hydrogen-bond donors (Lipinski definition) is 1. The monoisotopic (exact) mass is 410 g/mol. The molecule has 30 heavy (non-hydrogen) atoms. The smallest absolute Gasteiger partial charge is 0.307 e. The number of esters is 1. The van der Waals surface area contributed by atoms with E-state index in [0.717, 1.165) is 4.90 Å². The van der Waals surface area contributed by atoms with Crippen molar-refractivity contribution in [3.8, 4) is 5.75 Å². The molecule has 0 spiro atoms. The summed E-state index contributed by atoms with van der Waals surface area (Å²) >= 11 is 0. The number of hydrogen-bond acceptors (Lipinski definition) is 6. The molecule has 1 heterocycles. The fraction of sp³-hybridized carbons (Fsp3) is 0.273. The van der Waals surface area contributed by atoms with Crippen LogP contribution in [0.4, 0.5) is 5.69 Å². The highest BCUT2D eigenvalue weighted by atomic mass is 16.5. The van der Waals surface area contributed by atoms with Gasteiger partial charge in [0.25, 0.3) is 11.8 Å². The molecule has 1 aliphatic heterocycles. The third-order valence-corrected chi connectivity index (χ3v) is 4.73. The number of methoxy groups -OCH3 is 1. The van der Waals surface area contributed by atoms with Crippen LogP contribution in [-0.2, 0) is 14.3 Å². The first-order valence-electron chi connectivity index (χ1n) is 9.45. The molecule has 156 valence electrons. The Labute approximate surface area is 173 Å². The number of imide groups is 1. The first-order valence-corrected chi connectivity index (χ1v) is 9.45. The molecule has 0 bridgehead atoms. The van der Waals surface area contributed by atoms with Crippen molar-refractivity contribution in [1.82, 2.24) is 4.90 Å². The van der Waals surface area contributed by atoms with Crippen LogP contribution in [0, 0.1) is 0 Å². The molecule has 2 aromatic carbocycles. The van der Waals surface area contributed by atoms with E-state index in [4.69, 9.17) is 9.47 Å². The minimum absolute atomic E-state index is 0.110. The lowest BCUT2D eigenvalue weighted by Crippen LogP contribution is -2.35. The Hall–Kier alpha value is -3.68. The number of rotatable bonds is 7. The molecular formula is C22H22N2O6. The van der Waals surface area contributed by atoms with Crippen LogP contribution in [0.3, 0.4) is 0 Å². The van der Waals surface area contributed by atoms with Crippen LogP contribution in [0.2, 0.25) is 0 Å². The third kappa shape index (κ3) is 4.03. The zero-order valence-electron chi connectivity index (χ0n) is 16.9. The number of carbonyl (C=O) groups is 4. The van der Waals surface area contributed by atoms with Crippen LogP contribution in [0.25, 0.3) is 0 Å². The van der Waals surface area contributed by atoms with Crippen LogP contribution in [-0.4, -0.2) is 42.3 Å². The van der Waals surface area contributed by atoms with E-state index in [0.29, 0.717) is 17.9 Å². The number of nitrogens with zero attached hydrogens (tertiary/aromatic N) is 1. The Bertz CT molecular complexity index is 999. The second-order valence-corrected chi connectivity index (χ2v) is 6.69. The van der Waals surface area contributed by atoms with Crippen LogP contribution in [0.1, 0.15) is 52.6 Å². The molecule has 8 heteroatoms. The van der Waals surface area contributed by atoms with Gasteiger partial charge in [0.15, 0.2) is 0 Å². The van der Waals surface area contributed by atoms with Gasteiger partial charge in [-0.25, -0.2) is 0 Å². The van der Waals surface area contributed by atoms with Gasteiger partial charge in [-0.3, -0.25) is 24.1 Å². The van der Waals surface area contributed by atoms with Crippen molar-refractivity contribution in [3.05, 3.63) is 59.2 Å². The van der Waals surface area contributed by atoms with Crippen molar-refractivity contribution < 1.29 is 28.7 Å². The summed E-state index contributed by atoms with van der Waals surface area (Å²) in [6.07, 6.45) is -0.203. The highest BCUT2D eigenvalue weighted by molar-refractivity contribution is 6.24. The van der Waals surface area contributed by atoms with Gasteiger partial charge in [0, 0.05) is 6.92 Å². The predicted molar refractivity (Wildman–Crippen MR) is 108 cm³/mol. The highest BCUT2D eigenvalue weighted by Crippen LogP contribution is 2.37. The van der Waals surface area contributed by atoms with E-state index >= 15 is 0 Å². The van der Waals surface area contributed by atoms with E-state index in [1.807, 2.05) is 6.92 Å². The lowest BCUT2D eigenvalue weighted by molar-refractivity contribution is -0.141. The van der Waals surface area contributed by atoms with Gasteiger partial charge in [0.05, 0.1) is 43.0 Å². The SMILES string of the molecule is CCOc1ccc(C(CC(=O)OC)N2C(=O)c3cccc(NC(C)=O)c3C2=O)cc1. The number of ether oxygens (including phenoxy) is 2. The van der Waals surface area contributed by atoms with Gasteiger partial charge in [0.2, 0.25) is 5.91 Å². The highest BCUT2D eigenvalue weighted by Gasteiger charge is 2.43. The molecule has 0 aromatic heterocycles. The molecule has 3 rings (SSSR count). The van der Waals surface area contributed by atoms with E-state index in [9.17, 15) is 19.2 Å². The molecule has 2 aromatic rings. The van der Waals surface area contributed by atoms with Crippen molar-refractivity contribution in [3.63, 3.8) is 0 Å². The lowest BCUT2D eigenvalue weighted by Gasteiger charge is -2.26. The third-order valence-electron chi connectivity index (χ3n) is 4.73. The molecule has 1 atom stereocenters. The predicted octanol–water partition coefficient (Wildman–Crippen LogP) is 2.94. The normalized spacial score (nSPS) is 13.6. The number of amides is 3. The van der Waals surface area contributed by atoms with E-state index in [2.05, 4.69) is 5.32 Å². The summed E-state index contributed by atoms with van der Waals surface area (Å²) in [6.45, 7) is 3.67. The van der Waals surface area contributed by atoms with Crippen LogP contribution in [0.5, 0.6) is 5.75 Å². The van der Waals surface area contributed by atoms with Crippen LogP contribution < -0.4 is 10.1 Å². The standard InChI is InChI=1S/C22H22N2O6/c1-4-30-15-10-8-14(9-11-15)18(12-19(26)29-3)24-21(27)16-6-5-7-17(23-13(2)25)20(16)22(24)28/h5-11,18H,4,12H2,1-3H3,(H,23,25).